The number of hydrogen-bond acceptors (Lipinski definition) is 11. The quantitative estimate of drug-likeness (QED) is 0.165. The Morgan fingerprint density at radius 3 is 2.68 bits per heavy atom. The van der Waals surface area contributed by atoms with Gasteiger partial charge in [-0.15, -0.1) is 22.0 Å². The van der Waals surface area contributed by atoms with E-state index in [2.05, 4.69) is 15.5 Å². The number of aliphatic hydroxyl groups excluding tert-OH is 1. The molecule has 0 aliphatic carbocycles. The third kappa shape index (κ3) is 6.32. The first kappa shape index (κ1) is 27.1. The molecule has 4 rings (SSSR count). The first-order valence-corrected chi connectivity index (χ1v) is 14.5. The number of nitrogens with one attached hydrogen (secondary N) is 1. The Kier molecular flexibility index (Phi) is 8.23. The molecule has 1 aromatic carbocycles. The number of aliphatic hydroxyl groups is 1. The minimum Gasteiger partial charge on any atom is -0.477 e. The molecule has 2 aliphatic rings. The summed E-state index contributed by atoms with van der Waals surface area (Å²) in [6.07, 6.45) is -1.23. The molecule has 16 heteroatoms. The van der Waals surface area contributed by atoms with Gasteiger partial charge in [0.1, 0.15) is 17.1 Å². The van der Waals surface area contributed by atoms with Crippen molar-refractivity contribution in [2.24, 2.45) is 0 Å². The number of aromatic nitrogens is 2. The molecule has 2 amide bonds. The number of rotatable bonds is 11. The number of thioether (sulfide) groups is 2. The van der Waals surface area contributed by atoms with Crippen LogP contribution in [0.2, 0.25) is 0 Å². The minimum absolute atomic E-state index is 0.0919. The topological polar surface area (TPSA) is 200 Å². The van der Waals surface area contributed by atoms with Crippen molar-refractivity contribution in [2.45, 2.75) is 35.6 Å². The van der Waals surface area contributed by atoms with Gasteiger partial charge in [-0.1, -0.05) is 42.1 Å². The number of aliphatic carboxylic acids is 1. The molecule has 0 spiro atoms. The minimum atomic E-state index is -4.09. The van der Waals surface area contributed by atoms with Gasteiger partial charge in [-0.2, -0.15) is 8.42 Å². The summed E-state index contributed by atoms with van der Waals surface area (Å²) < 4.78 is 35.8. The largest absolute Gasteiger partial charge is 0.477 e. The molecular formula is C21H22N4O9S3. The Labute approximate surface area is 219 Å². The Balaban J connectivity index is 1.37. The second-order valence-electron chi connectivity index (χ2n) is 8.11. The van der Waals surface area contributed by atoms with Crippen molar-refractivity contribution in [1.82, 2.24) is 20.4 Å². The van der Waals surface area contributed by atoms with Crippen molar-refractivity contribution >= 4 is 51.4 Å². The van der Waals surface area contributed by atoms with Crippen LogP contribution in [0.5, 0.6) is 0 Å². The molecule has 2 aliphatic heterocycles. The third-order valence-electron chi connectivity index (χ3n) is 5.52. The summed E-state index contributed by atoms with van der Waals surface area (Å²) >= 11 is 2.35. The molecule has 0 saturated carbocycles. The zero-order valence-electron chi connectivity index (χ0n) is 19.0. The normalized spacial score (nSPS) is 20.3. The van der Waals surface area contributed by atoms with Crippen molar-refractivity contribution in [1.29, 1.82) is 0 Å². The average Bonchev–Trinajstić information content (AvgIpc) is 3.31. The molecule has 1 saturated heterocycles. The predicted octanol–water partition coefficient (Wildman–Crippen LogP) is 0.454. The van der Waals surface area contributed by atoms with E-state index < -0.39 is 51.2 Å². The van der Waals surface area contributed by atoms with Crippen LogP contribution in [0.1, 0.15) is 24.0 Å². The van der Waals surface area contributed by atoms with E-state index in [1.165, 1.54) is 11.8 Å². The number of β-lactam (4-membered cyclic amide) rings is 1. The number of carbonyl (C=O) groups excluding carboxylic acids is 2. The van der Waals surface area contributed by atoms with Crippen LogP contribution >= 0.6 is 23.5 Å². The van der Waals surface area contributed by atoms with Gasteiger partial charge in [0, 0.05) is 17.9 Å². The highest BCUT2D eigenvalue weighted by Crippen LogP contribution is 2.41. The molecule has 13 nitrogen and oxygen atoms in total. The molecule has 0 bridgehead atoms. The van der Waals surface area contributed by atoms with Gasteiger partial charge in [0.25, 0.3) is 27.2 Å². The van der Waals surface area contributed by atoms with E-state index in [0.29, 0.717) is 11.1 Å². The summed E-state index contributed by atoms with van der Waals surface area (Å²) in [7, 11) is -4.09. The lowest BCUT2D eigenvalue weighted by Gasteiger charge is -2.49. The lowest BCUT2D eigenvalue weighted by Crippen LogP contribution is -2.70. The molecule has 3 atom stereocenters. The van der Waals surface area contributed by atoms with Crippen LogP contribution in [-0.4, -0.2) is 84.7 Å². The maximum atomic E-state index is 12.8. The summed E-state index contributed by atoms with van der Waals surface area (Å²) in [6.45, 7) is 0. The Morgan fingerprint density at radius 2 is 2.00 bits per heavy atom. The molecule has 0 radical (unpaired) electrons. The van der Waals surface area contributed by atoms with E-state index in [0.717, 1.165) is 16.7 Å². The van der Waals surface area contributed by atoms with Gasteiger partial charge in [0.2, 0.25) is 5.89 Å². The highest BCUT2D eigenvalue weighted by atomic mass is 32.2. The third-order valence-corrected chi connectivity index (χ3v) is 8.57. The van der Waals surface area contributed by atoms with Gasteiger partial charge in [0.15, 0.2) is 6.10 Å². The highest BCUT2D eigenvalue weighted by molar-refractivity contribution is 8.01. The van der Waals surface area contributed by atoms with Crippen molar-refractivity contribution in [2.75, 3.05) is 17.3 Å². The number of nitrogens with zero attached hydrogens (tertiary/aromatic N) is 3. The number of carboxylic acid groups (broad SMARTS) is 1. The molecular weight excluding hydrogens is 548 g/mol. The SMILES string of the molecule is O=C(O)C1=C(CSc2nnc(CCCS(=O)(=O)O)o2)CS[C@@H]2C(NC(=O)[C@H](O)c3ccccc3)C(=O)N12. The van der Waals surface area contributed by atoms with Gasteiger partial charge in [-0.3, -0.25) is 19.0 Å². The van der Waals surface area contributed by atoms with Gasteiger partial charge in [-0.25, -0.2) is 4.79 Å². The van der Waals surface area contributed by atoms with E-state index in [4.69, 9.17) is 8.97 Å². The average molecular weight is 571 g/mol. The molecule has 1 unspecified atom stereocenters. The van der Waals surface area contributed by atoms with Crippen LogP contribution < -0.4 is 5.32 Å². The summed E-state index contributed by atoms with van der Waals surface area (Å²) in [6, 6.07) is 7.26. The van der Waals surface area contributed by atoms with Crippen molar-refractivity contribution < 1.29 is 42.0 Å². The van der Waals surface area contributed by atoms with Gasteiger partial charge < -0.3 is 19.9 Å². The van der Waals surface area contributed by atoms with Crippen molar-refractivity contribution in [3.05, 3.63) is 53.1 Å². The standard InChI is InChI=1S/C21H22N4O9S3/c26-16(11-5-2-1-3-6-11)17(27)22-14-18(28)25-15(20(29)30)12(9-35-19(14)25)10-36-21-24-23-13(34-21)7-4-8-37(31,32)33/h1-3,5-6,14,16,19,26H,4,7-10H2,(H,22,27)(H,29,30)(H,31,32,33)/t14?,16-,19-/m1/s1. The summed E-state index contributed by atoms with van der Waals surface area (Å²) in [5, 5.41) is 29.7. The van der Waals surface area contributed by atoms with Crippen LogP contribution in [0, 0.1) is 0 Å². The fourth-order valence-electron chi connectivity index (χ4n) is 3.77. The van der Waals surface area contributed by atoms with Crippen LogP contribution in [0.3, 0.4) is 0 Å². The second-order valence-corrected chi connectivity index (χ2v) is 11.7. The molecule has 3 heterocycles. The van der Waals surface area contributed by atoms with Crippen LogP contribution in [0.15, 0.2) is 51.2 Å². The smallest absolute Gasteiger partial charge is 0.352 e. The number of carboxylic acids is 1. The summed E-state index contributed by atoms with van der Waals surface area (Å²) in [4.78, 5) is 38.4. The zero-order valence-corrected chi connectivity index (χ0v) is 21.5. The van der Waals surface area contributed by atoms with E-state index in [9.17, 15) is 33.0 Å². The van der Waals surface area contributed by atoms with E-state index in [1.54, 1.807) is 30.3 Å². The van der Waals surface area contributed by atoms with Crippen LogP contribution in [-0.2, 0) is 30.9 Å². The Hall–Kier alpha value is -2.92. The number of benzene rings is 1. The van der Waals surface area contributed by atoms with E-state index in [-0.39, 0.29) is 41.2 Å². The maximum absolute atomic E-state index is 12.8. The first-order chi connectivity index (χ1) is 17.5. The molecule has 4 N–H and O–H groups in total. The number of aryl methyl sites for hydroxylation is 1. The number of hydrogen-bond donors (Lipinski definition) is 4. The van der Waals surface area contributed by atoms with Crippen molar-refractivity contribution in [3.8, 4) is 0 Å². The highest BCUT2D eigenvalue weighted by Gasteiger charge is 2.54. The lowest BCUT2D eigenvalue weighted by atomic mass is 10.0. The number of amides is 2. The number of fused-ring (bicyclic) bond motifs is 1. The van der Waals surface area contributed by atoms with Crippen molar-refractivity contribution in [3.63, 3.8) is 0 Å². The molecule has 198 valence electrons. The Bertz CT molecular complexity index is 1330. The predicted molar refractivity (Wildman–Crippen MR) is 131 cm³/mol. The fraction of sp³-hybridized carbons (Fsp3) is 0.381. The van der Waals surface area contributed by atoms with E-state index in [1.807, 2.05) is 0 Å². The van der Waals surface area contributed by atoms with Crippen LogP contribution in [0.25, 0.3) is 0 Å². The maximum Gasteiger partial charge on any atom is 0.352 e. The second kappa shape index (κ2) is 11.2. The van der Waals surface area contributed by atoms with Gasteiger partial charge in [0.05, 0.1) is 5.75 Å². The molecule has 1 aromatic heterocycles. The Morgan fingerprint density at radius 1 is 1.27 bits per heavy atom. The van der Waals surface area contributed by atoms with Crippen LogP contribution in [0.4, 0.5) is 0 Å². The van der Waals surface area contributed by atoms with Gasteiger partial charge in [-0.05, 0) is 17.6 Å². The zero-order chi connectivity index (χ0) is 26.7. The lowest BCUT2D eigenvalue weighted by molar-refractivity contribution is -0.151. The summed E-state index contributed by atoms with van der Waals surface area (Å²) in [5.41, 5.74) is 0.642. The fourth-order valence-corrected chi connectivity index (χ4v) is 6.54. The first-order valence-electron chi connectivity index (χ1n) is 10.9. The molecule has 1 fully saturated rings. The number of carbonyl (C=O) groups is 3. The van der Waals surface area contributed by atoms with E-state index >= 15 is 0 Å². The summed E-state index contributed by atoms with van der Waals surface area (Å²) in [5.74, 6) is -2.50. The molecule has 37 heavy (non-hydrogen) atoms. The van der Waals surface area contributed by atoms with Gasteiger partial charge >= 0.3 is 5.97 Å². The molecule has 2 aromatic rings. The monoisotopic (exact) mass is 570 g/mol.